The van der Waals surface area contributed by atoms with Gasteiger partial charge in [0.25, 0.3) is 0 Å². The van der Waals surface area contributed by atoms with Crippen molar-refractivity contribution in [3.8, 4) is 0 Å². The maximum Gasteiger partial charge on any atom is 0.408 e. The Hall–Kier alpha value is -3.96. The van der Waals surface area contributed by atoms with Crippen molar-refractivity contribution in [2.24, 2.45) is 5.92 Å². The topological polar surface area (TPSA) is 125 Å². The van der Waals surface area contributed by atoms with Gasteiger partial charge in [-0.3, -0.25) is 9.59 Å². The predicted octanol–water partition coefficient (Wildman–Crippen LogP) is 3.52. The summed E-state index contributed by atoms with van der Waals surface area (Å²) in [6.07, 6.45) is -0.378. The molecule has 0 spiro atoms. The molecule has 11 heteroatoms. The molecule has 2 unspecified atom stereocenters. The molecule has 3 aromatic carbocycles. The molecule has 0 saturated carbocycles. The highest BCUT2D eigenvalue weighted by Gasteiger charge is 2.42. The zero-order chi connectivity index (χ0) is 30.3. The summed E-state index contributed by atoms with van der Waals surface area (Å²) in [4.78, 5) is 41.0. The molecule has 4 rings (SSSR count). The second-order valence-corrected chi connectivity index (χ2v) is 12.6. The fourth-order valence-corrected chi connectivity index (χ4v) is 6.65. The van der Waals surface area contributed by atoms with Crippen LogP contribution in [0.25, 0.3) is 10.8 Å². The van der Waals surface area contributed by atoms with Crippen molar-refractivity contribution in [2.75, 3.05) is 26.2 Å². The molecular formula is C31H38N4O6S. The van der Waals surface area contributed by atoms with Crippen LogP contribution in [0, 0.1) is 5.92 Å². The van der Waals surface area contributed by atoms with Crippen LogP contribution in [0.2, 0.25) is 0 Å². The maximum absolute atomic E-state index is 13.8. The number of hydrogen-bond donors (Lipinski definition) is 2. The summed E-state index contributed by atoms with van der Waals surface area (Å²) in [7, 11) is -4.06. The molecule has 1 fully saturated rings. The summed E-state index contributed by atoms with van der Waals surface area (Å²) in [6, 6.07) is 19.5. The molecule has 0 aromatic heterocycles. The zero-order valence-corrected chi connectivity index (χ0v) is 25.0. The number of piperazine rings is 1. The van der Waals surface area contributed by atoms with Gasteiger partial charge < -0.3 is 20.3 Å². The lowest BCUT2D eigenvalue weighted by Crippen LogP contribution is -2.63. The number of likely N-dealkylation sites (N-methyl/N-ethyl adjacent to an activating group) is 1. The van der Waals surface area contributed by atoms with Gasteiger partial charge in [-0.2, -0.15) is 4.31 Å². The molecule has 2 atom stereocenters. The van der Waals surface area contributed by atoms with Gasteiger partial charge in [-0.25, -0.2) is 13.2 Å². The van der Waals surface area contributed by atoms with Crippen molar-refractivity contribution in [3.63, 3.8) is 0 Å². The van der Waals surface area contributed by atoms with Crippen LogP contribution in [0.1, 0.15) is 32.8 Å². The Morgan fingerprint density at radius 2 is 1.64 bits per heavy atom. The summed E-state index contributed by atoms with van der Waals surface area (Å²) < 4.78 is 34.1. The summed E-state index contributed by atoms with van der Waals surface area (Å²) in [5, 5.41) is 7.06. The molecule has 3 amide bonds. The second kappa shape index (κ2) is 13.8. The number of sulfonamides is 1. The van der Waals surface area contributed by atoms with Crippen molar-refractivity contribution in [3.05, 3.63) is 78.4 Å². The van der Waals surface area contributed by atoms with Crippen LogP contribution in [-0.2, 0) is 31.0 Å². The molecule has 224 valence electrons. The van der Waals surface area contributed by atoms with Crippen LogP contribution < -0.4 is 10.6 Å². The Morgan fingerprint density at radius 3 is 2.33 bits per heavy atom. The van der Waals surface area contributed by atoms with Gasteiger partial charge in [0, 0.05) is 26.2 Å². The van der Waals surface area contributed by atoms with E-state index in [0.29, 0.717) is 13.0 Å². The first-order chi connectivity index (χ1) is 20.1. The zero-order valence-electron chi connectivity index (χ0n) is 24.2. The van der Waals surface area contributed by atoms with Crippen LogP contribution in [0.15, 0.2) is 77.7 Å². The normalized spacial score (nSPS) is 16.7. The Morgan fingerprint density at radius 1 is 0.952 bits per heavy atom. The number of benzene rings is 3. The number of fused-ring (bicyclic) bond motifs is 1. The third kappa shape index (κ3) is 7.46. The van der Waals surface area contributed by atoms with Gasteiger partial charge >= 0.3 is 6.09 Å². The minimum absolute atomic E-state index is 0.0554. The number of alkyl carbamates (subject to hydrolysis) is 1. The van der Waals surface area contributed by atoms with Gasteiger partial charge in [-0.05, 0) is 47.7 Å². The van der Waals surface area contributed by atoms with Gasteiger partial charge in [0.1, 0.15) is 18.7 Å². The molecule has 1 aliphatic heterocycles. The van der Waals surface area contributed by atoms with E-state index in [1.807, 2.05) is 68.4 Å². The largest absolute Gasteiger partial charge is 0.445 e. The summed E-state index contributed by atoms with van der Waals surface area (Å²) in [6.45, 7) is 5.82. The standard InChI is InChI=1S/C31H38N4O6S/c1-4-32-29(36)28-20-34(16-17-35(28)42(39,40)26-15-14-24-12-8-9-13-25(24)19-26)30(37)27(18-22(2)3)33-31(38)41-21-23-10-6-5-7-11-23/h5-15,19,22,27-28H,4,16-18,20-21H2,1-3H3,(H,32,36)(H,33,38). The lowest BCUT2D eigenvalue weighted by molar-refractivity contribution is -0.138. The third-order valence-electron chi connectivity index (χ3n) is 7.13. The van der Waals surface area contributed by atoms with Gasteiger partial charge in [0.05, 0.1) is 4.90 Å². The van der Waals surface area contributed by atoms with E-state index in [4.69, 9.17) is 4.74 Å². The number of amides is 3. The molecule has 0 radical (unpaired) electrons. The van der Waals surface area contributed by atoms with Gasteiger partial charge in [0.15, 0.2) is 0 Å². The fraction of sp³-hybridized carbons (Fsp3) is 0.387. The number of ether oxygens (including phenoxy) is 1. The summed E-state index contributed by atoms with van der Waals surface area (Å²) in [5.41, 5.74) is 0.813. The van der Waals surface area contributed by atoms with Crippen molar-refractivity contribution in [1.29, 1.82) is 0 Å². The lowest BCUT2D eigenvalue weighted by Gasteiger charge is -2.40. The van der Waals surface area contributed by atoms with Crippen LogP contribution >= 0.6 is 0 Å². The maximum atomic E-state index is 13.8. The highest BCUT2D eigenvalue weighted by Crippen LogP contribution is 2.26. The van der Waals surface area contributed by atoms with E-state index in [9.17, 15) is 22.8 Å². The Kier molecular flexibility index (Phi) is 10.2. The monoisotopic (exact) mass is 594 g/mol. The summed E-state index contributed by atoms with van der Waals surface area (Å²) >= 11 is 0. The molecular weight excluding hydrogens is 556 g/mol. The summed E-state index contributed by atoms with van der Waals surface area (Å²) in [5.74, 6) is -0.811. The highest BCUT2D eigenvalue weighted by molar-refractivity contribution is 7.89. The van der Waals surface area contributed by atoms with E-state index < -0.39 is 40.0 Å². The Labute approximate surface area is 247 Å². The van der Waals surface area contributed by atoms with E-state index in [1.165, 1.54) is 15.3 Å². The molecule has 2 N–H and O–H groups in total. The minimum atomic E-state index is -4.06. The van der Waals surface area contributed by atoms with E-state index in [-0.39, 0.29) is 37.1 Å². The van der Waals surface area contributed by atoms with Crippen LogP contribution in [0.5, 0.6) is 0 Å². The van der Waals surface area contributed by atoms with E-state index in [1.54, 1.807) is 19.1 Å². The fourth-order valence-electron chi connectivity index (χ4n) is 5.04. The van der Waals surface area contributed by atoms with E-state index in [0.717, 1.165) is 16.3 Å². The molecule has 1 aliphatic rings. The Balaban J connectivity index is 1.52. The van der Waals surface area contributed by atoms with Crippen LogP contribution in [0.4, 0.5) is 4.79 Å². The molecule has 1 saturated heterocycles. The second-order valence-electron chi connectivity index (χ2n) is 10.7. The average molecular weight is 595 g/mol. The predicted molar refractivity (Wildman–Crippen MR) is 160 cm³/mol. The minimum Gasteiger partial charge on any atom is -0.445 e. The van der Waals surface area contributed by atoms with Crippen LogP contribution in [0.3, 0.4) is 0 Å². The number of carbonyl (C=O) groups excluding carboxylic acids is 3. The van der Waals surface area contributed by atoms with Crippen molar-refractivity contribution >= 4 is 38.7 Å². The first-order valence-corrected chi connectivity index (χ1v) is 15.6. The van der Waals surface area contributed by atoms with Gasteiger partial charge in [-0.15, -0.1) is 0 Å². The SMILES string of the molecule is CCNC(=O)C1CN(C(=O)C(CC(C)C)NC(=O)OCc2ccccc2)CCN1S(=O)(=O)c1ccc2ccccc2c1. The number of nitrogens with zero attached hydrogens (tertiary/aromatic N) is 2. The number of hydrogen-bond acceptors (Lipinski definition) is 6. The van der Waals surface area contributed by atoms with Gasteiger partial charge in [-0.1, -0.05) is 74.5 Å². The quantitative estimate of drug-likeness (QED) is 0.370. The molecule has 10 nitrogen and oxygen atoms in total. The van der Waals surface area contributed by atoms with Gasteiger partial charge in [0.2, 0.25) is 21.8 Å². The smallest absolute Gasteiger partial charge is 0.408 e. The Bertz CT molecular complexity index is 1510. The molecule has 1 heterocycles. The first kappa shape index (κ1) is 31.0. The molecule has 3 aromatic rings. The first-order valence-electron chi connectivity index (χ1n) is 14.1. The van der Waals surface area contributed by atoms with Crippen LogP contribution in [-0.4, -0.2) is 73.8 Å². The van der Waals surface area contributed by atoms with E-state index in [2.05, 4.69) is 10.6 Å². The molecule has 42 heavy (non-hydrogen) atoms. The molecule has 0 bridgehead atoms. The van der Waals surface area contributed by atoms with Crippen molar-refractivity contribution < 1.29 is 27.5 Å². The van der Waals surface area contributed by atoms with E-state index >= 15 is 0 Å². The number of rotatable bonds is 10. The average Bonchev–Trinajstić information content (AvgIpc) is 2.99. The highest BCUT2D eigenvalue weighted by atomic mass is 32.2. The third-order valence-corrected chi connectivity index (χ3v) is 9.04. The molecule has 0 aliphatic carbocycles. The van der Waals surface area contributed by atoms with Crippen molar-refractivity contribution in [1.82, 2.24) is 19.8 Å². The van der Waals surface area contributed by atoms with Crippen molar-refractivity contribution in [2.45, 2.75) is 50.8 Å². The number of carbonyl (C=O) groups is 3. The lowest BCUT2D eigenvalue weighted by atomic mass is 10.0. The number of nitrogens with one attached hydrogen (secondary N) is 2.